The van der Waals surface area contributed by atoms with Crippen LogP contribution in [0.1, 0.15) is 29.5 Å². The highest BCUT2D eigenvalue weighted by Crippen LogP contribution is 2.35. The van der Waals surface area contributed by atoms with Crippen LogP contribution in [0, 0.1) is 0 Å². The number of nitrogens with one attached hydrogen (secondary N) is 2. The molecule has 2 aliphatic heterocycles. The normalized spacial score (nSPS) is 16.2. The van der Waals surface area contributed by atoms with E-state index in [0.717, 1.165) is 63.7 Å². The number of nitrogens with zero attached hydrogens (tertiary/aromatic N) is 7. The molecule has 0 saturated heterocycles. The number of urea groups is 1. The van der Waals surface area contributed by atoms with Gasteiger partial charge in [-0.15, -0.1) is 5.10 Å². The number of pyridine rings is 1. The van der Waals surface area contributed by atoms with Crippen LogP contribution in [0.5, 0.6) is 0 Å². The minimum atomic E-state index is -0.198. The molecule has 0 radical (unpaired) electrons. The summed E-state index contributed by atoms with van der Waals surface area (Å²) < 4.78 is 3.36. The Hall–Kier alpha value is -4.77. The molecule has 0 fully saturated rings. The number of imidazole rings is 1. The van der Waals surface area contributed by atoms with Gasteiger partial charge < -0.3 is 19.8 Å². The number of hydrogen-bond acceptors (Lipinski definition) is 6. The van der Waals surface area contributed by atoms with Gasteiger partial charge in [-0.1, -0.05) is 17.7 Å². The molecule has 0 bridgehead atoms. The van der Waals surface area contributed by atoms with Crippen molar-refractivity contribution in [1.82, 2.24) is 39.6 Å². The van der Waals surface area contributed by atoms with E-state index >= 15 is 0 Å². The van der Waals surface area contributed by atoms with Gasteiger partial charge >= 0.3 is 6.03 Å². The number of hydrogen-bond donors (Lipinski definition) is 2. The number of benzene rings is 2. The fourth-order valence-electron chi connectivity index (χ4n) is 5.42. The molecule has 2 N–H and O–H groups in total. The summed E-state index contributed by atoms with van der Waals surface area (Å²) in [6, 6.07) is 14.7. The lowest BCUT2D eigenvalue weighted by Crippen LogP contribution is -2.35. The van der Waals surface area contributed by atoms with Crippen LogP contribution in [0.15, 0.2) is 65.8 Å². The number of rotatable bonds is 4. The van der Waals surface area contributed by atoms with Crippen LogP contribution < -0.4 is 10.9 Å². The molecule has 0 spiro atoms. The lowest BCUT2D eigenvalue weighted by molar-refractivity contribution is 0.218. The summed E-state index contributed by atoms with van der Waals surface area (Å²) in [7, 11) is 1.76. The molecule has 12 heteroatoms. The molecule has 5 aromatic rings. The summed E-state index contributed by atoms with van der Waals surface area (Å²) >= 11 is 6.32. The van der Waals surface area contributed by atoms with Gasteiger partial charge in [0.1, 0.15) is 12.2 Å². The average molecular weight is 540 g/mol. The number of tetrazole rings is 1. The van der Waals surface area contributed by atoms with Gasteiger partial charge in [0.2, 0.25) is 0 Å². The zero-order valence-electron chi connectivity index (χ0n) is 20.8. The molecule has 2 aromatic carbocycles. The van der Waals surface area contributed by atoms with E-state index in [1.807, 2.05) is 34.9 Å². The van der Waals surface area contributed by atoms with Gasteiger partial charge in [-0.05, 0) is 70.8 Å². The van der Waals surface area contributed by atoms with Gasteiger partial charge in [-0.2, -0.15) is 4.68 Å². The van der Waals surface area contributed by atoms with Crippen LogP contribution in [0.2, 0.25) is 5.02 Å². The molecular weight excluding hydrogens is 518 g/mol. The van der Waals surface area contributed by atoms with Crippen LogP contribution in [0.25, 0.3) is 28.1 Å². The highest BCUT2D eigenvalue weighted by molar-refractivity contribution is 6.31. The standard InChI is InChI=1S/C27H22ClN9O2/c1-35-13-17-8-15(2-5-21(17)32-27(35)39)22-12-29-26(31-22)24-7-4-19-9-16(10-25(38)37(19)24)20-11-18(28)3-6-23(20)36-14-30-33-34-36/h2-3,5-6,8-12,14,24H,4,7,13H2,1H3,(H,29,31)(H,32,39)/t24-/m0/s1. The number of anilines is 1. The molecule has 0 aliphatic carbocycles. The Morgan fingerprint density at radius 3 is 2.79 bits per heavy atom. The Labute approximate surface area is 227 Å². The van der Waals surface area contributed by atoms with E-state index in [2.05, 4.69) is 36.9 Å². The summed E-state index contributed by atoms with van der Waals surface area (Å²) in [5.41, 5.74) is 6.74. The Kier molecular flexibility index (Phi) is 5.34. The largest absolute Gasteiger partial charge is 0.340 e. The molecule has 0 unspecified atom stereocenters. The summed E-state index contributed by atoms with van der Waals surface area (Å²) in [6.45, 7) is 0.533. The second kappa shape index (κ2) is 8.91. The van der Waals surface area contributed by atoms with E-state index < -0.39 is 0 Å². The van der Waals surface area contributed by atoms with Crippen molar-refractivity contribution < 1.29 is 4.79 Å². The van der Waals surface area contributed by atoms with Crippen molar-refractivity contribution in [3.05, 3.63) is 93.5 Å². The quantitative estimate of drug-likeness (QED) is 0.355. The third-order valence-corrected chi connectivity index (χ3v) is 7.56. The van der Waals surface area contributed by atoms with Crippen LogP contribution >= 0.6 is 11.6 Å². The Bertz CT molecular complexity index is 1810. The number of aromatic nitrogens is 7. The van der Waals surface area contributed by atoms with Crippen LogP contribution in [0.3, 0.4) is 0 Å². The van der Waals surface area contributed by atoms with Crippen molar-refractivity contribution in [1.29, 1.82) is 0 Å². The number of amides is 2. The zero-order valence-corrected chi connectivity index (χ0v) is 21.6. The van der Waals surface area contributed by atoms with Crippen molar-refractivity contribution in [2.75, 3.05) is 12.4 Å². The van der Waals surface area contributed by atoms with E-state index in [1.54, 1.807) is 35.0 Å². The fourth-order valence-corrected chi connectivity index (χ4v) is 5.60. The van der Waals surface area contributed by atoms with Gasteiger partial charge in [0.05, 0.1) is 23.6 Å². The molecule has 194 valence electrons. The number of fused-ring (bicyclic) bond motifs is 2. The smallest absolute Gasteiger partial charge is 0.321 e. The van der Waals surface area contributed by atoms with Crippen molar-refractivity contribution in [2.45, 2.75) is 25.4 Å². The van der Waals surface area contributed by atoms with E-state index in [-0.39, 0.29) is 17.6 Å². The van der Waals surface area contributed by atoms with E-state index in [0.29, 0.717) is 11.6 Å². The molecule has 7 rings (SSSR count). The van der Waals surface area contributed by atoms with Crippen molar-refractivity contribution in [2.24, 2.45) is 0 Å². The molecule has 1 atom stereocenters. The van der Waals surface area contributed by atoms with Gasteiger partial charge in [-0.3, -0.25) is 4.79 Å². The van der Waals surface area contributed by atoms with Gasteiger partial charge in [0.25, 0.3) is 5.56 Å². The van der Waals surface area contributed by atoms with E-state index in [1.165, 1.54) is 6.33 Å². The minimum Gasteiger partial charge on any atom is -0.340 e. The monoisotopic (exact) mass is 539 g/mol. The maximum atomic E-state index is 13.5. The maximum absolute atomic E-state index is 13.5. The predicted octanol–water partition coefficient (Wildman–Crippen LogP) is 4.05. The first-order valence-electron chi connectivity index (χ1n) is 12.4. The molecule has 39 heavy (non-hydrogen) atoms. The molecule has 5 heterocycles. The third-order valence-electron chi connectivity index (χ3n) is 7.32. The first-order chi connectivity index (χ1) is 18.9. The van der Waals surface area contributed by atoms with E-state index in [9.17, 15) is 9.59 Å². The first-order valence-corrected chi connectivity index (χ1v) is 12.8. The fraction of sp³-hybridized carbons (Fsp3) is 0.185. The van der Waals surface area contributed by atoms with E-state index in [4.69, 9.17) is 11.6 Å². The Morgan fingerprint density at radius 2 is 1.95 bits per heavy atom. The summed E-state index contributed by atoms with van der Waals surface area (Å²) in [6.07, 6.45) is 4.79. The molecular formula is C27H22ClN9O2. The molecule has 0 saturated carbocycles. The second-order valence-electron chi connectivity index (χ2n) is 9.75. The third kappa shape index (κ3) is 3.98. The lowest BCUT2D eigenvalue weighted by atomic mass is 10.0. The maximum Gasteiger partial charge on any atom is 0.321 e. The lowest BCUT2D eigenvalue weighted by Gasteiger charge is -2.26. The molecule has 2 amide bonds. The predicted molar refractivity (Wildman–Crippen MR) is 145 cm³/mol. The number of aromatic amines is 1. The average Bonchev–Trinajstić information content (AvgIpc) is 3.70. The molecule has 3 aromatic heterocycles. The number of carbonyl (C=O) groups is 1. The Balaban J connectivity index is 1.22. The summed E-state index contributed by atoms with van der Waals surface area (Å²) in [4.78, 5) is 35.1. The molecule has 11 nitrogen and oxygen atoms in total. The topological polar surface area (TPSA) is 127 Å². The second-order valence-corrected chi connectivity index (χ2v) is 10.2. The number of carbonyl (C=O) groups excluding carboxylic acids is 1. The van der Waals surface area contributed by atoms with Crippen LogP contribution in [-0.2, 0) is 13.0 Å². The summed E-state index contributed by atoms with van der Waals surface area (Å²) in [5, 5.41) is 14.9. The highest BCUT2D eigenvalue weighted by Gasteiger charge is 2.28. The number of aryl methyl sites for hydroxylation is 1. The van der Waals surface area contributed by atoms with Crippen LogP contribution in [0.4, 0.5) is 10.5 Å². The minimum absolute atomic E-state index is 0.113. The van der Waals surface area contributed by atoms with Crippen molar-refractivity contribution >= 4 is 23.3 Å². The van der Waals surface area contributed by atoms with Gasteiger partial charge in [0.15, 0.2) is 0 Å². The van der Waals surface area contributed by atoms with Crippen molar-refractivity contribution in [3.63, 3.8) is 0 Å². The summed E-state index contributed by atoms with van der Waals surface area (Å²) in [5.74, 6) is 0.735. The zero-order chi connectivity index (χ0) is 26.7. The number of H-pyrrole nitrogens is 1. The van der Waals surface area contributed by atoms with Crippen LogP contribution in [-0.4, -0.2) is 52.7 Å². The van der Waals surface area contributed by atoms with Gasteiger partial charge in [0, 0.05) is 47.2 Å². The highest BCUT2D eigenvalue weighted by atomic mass is 35.5. The Morgan fingerprint density at radius 1 is 1.05 bits per heavy atom. The van der Waals surface area contributed by atoms with Gasteiger partial charge in [-0.25, -0.2) is 9.78 Å². The molecule has 2 aliphatic rings. The number of halogens is 1. The first kappa shape index (κ1) is 23.4. The van der Waals surface area contributed by atoms with Crippen molar-refractivity contribution in [3.8, 4) is 28.1 Å². The SMILES string of the molecule is CN1Cc2cc(-c3cnc([C@@H]4CCc5cc(-c6cc(Cl)ccc6-n6cnnn6)cc(=O)n54)[nH]3)ccc2NC1=O.